The number of aliphatic hydroxyl groups is 3. The minimum Gasteiger partial charge on any atom is -0.394 e. The second-order valence-electron chi connectivity index (χ2n) is 6.66. The highest BCUT2D eigenvalue weighted by Crippen LogP contribution is 2.31. The molecule has 0 unspecified atom stereocenters. The summed E-state index contributed by atoms with van der Waals surface area (Å²) in [5.41, 5.74) is 2.41. The SMILES string of the molecule is OC[C@H]1O[C@@H](n2cnc3c(-n4cc(-c5ccccc5)nn4)ncnc32)[C@H](O)[C@@H]1O. The van der Waals surface area contributed by atoms with Gasteiger partial charge in [0.25, 0.3) is 0 Å². The van der Waals surface area contributed by atoms with Crippen molar-refractivity contribution < 1.29 is 20.1 Å². The van der Waals surface area contributed by atoms with Crippen LogP contribution in [0.2, 0.25) is 0 Å². The van der Waals surface area contributed by atoms with E-state index in [0.29, 0.717) is 22.7 Å². The maximum absolute atomic E-state index is 10.3. The quantitative estimate of drug-likeness (QED) is 0.423. The van der Waals surface area contributed by atoms with E-state index in [1.807, 2.05) is 30.3 Å². The molecular weight excluding hydrogens is 378 g/mol. The van der Waals surface area contributed by atoms with Gasteiger partial charge >= 0.3 is 0 Å². The number of rotatable bonds is 4. The number of hydrogen-bond donors (Lipinski definition) is 3. The van der Waals surface area contributed by atoms with Crippen LogP contribution in [0.15, 0.2) is 49.2 Å². The van der Waals surface area contributed by atoms with Gasteiger partial charge < -0.3 is 20.1 Å². The van der Waals surface area contributed by atoms with Crippen LogP contribution < -0.4 is 0 Å². The summed E-state index contributed by atoms with van der Waals surface area (Å²) < 4.78 is 8.57. The van der Waals surface area contributed by atoms with Crippen molar-refractivity contribution in [2.45, 2.75) is 24.5 Å². The molecular formula is C18H17N7O4. The maximum atomic E-state index is 10.3. The molecule has 1 aliphatic heterocycles. The van der Waals surface area contributed by atoms with Crippen LogP contribution in [0.4, 0.5) is 0 Å². The number of imidazole rings is 1. The lowest BCUT2D eigenvalue weighted by Gasteiger charge is -2.16. The molecule has 0 spiro atoms. The highest BCUT2D eigenvalue weighted by Gasteiger charge is 2.44. The number of aliphatic hydroxyl groups excluding tert-OH is 3. The molecule has 29 heavy (non-hydrogen) atoms. The molecule has 0 amide bonds. The van der Waals surface area contributed by atoms with Gasteiger partial charge in [0.1, 0.15) is 30.3 Å². The van der Waals surface area contributed by atoms with Gasteiger partial charge in [0.2, 0.25) is 0 Å². The second kappa shape index (κ2) is 6.97. The van der Waals surface area contributed by atoms with Crippen LogP contribution in [-0.2, 0) is 4.74 Å². The third-order valence-corrected chi connectivity index (χ3v) is 4.91. The molecule has 0 bridgehead atoms. The predicted molar refractivity (Wildman–Crippen MR) is 98.7 cm³/mol. The van der Waals surface area contributed by atoms with E-state index in [-0.39, 0.29) is 0 Å². The van der Waals surface area contributed by atoms with Crippen molar-refractivity contribution in [3.63, 3.8) is 0 Å². The molecule has 4 heterocycles. The fraction of sp³-hybridized carbons (Fsp3) is 0.278. The van der Waals surface area contributed by atoms with Gasteiger partial charge in [0.05, 0.1) is 19.1 Å². The Kier molecular flexibility index (Phi) is 4.28. The summed E-state index contributed by atoms with van der Waals surface area (Å²) >= 11 is 0. The van der Waals surface area contributed by atoms with E-state index in [0.717, 1.165) is 5.56 Å². The summed E-state index contributed by atoms with van der Waals surface area (Å²) in [6.45, 7) is -0.414. The van der Waals surface area contributed by atoms with Crippen LogP contribution in [0.3, 0.4) is 0 Å². The Morgan fingerprint density at radius 1 is 1.03 bits per heavy atom. The van der Waals surface area contributed by atoms with Gasteiger partial charge in [-0.05, 0) is 0 Å². The average Bonchev–Trinajstić information content (AvgIpc) is 3.47. The summed E-state index contributed by atoms with van der Waals surface area (Å²) in [6.07, 6.45) is 0.247. The Labute approximate surface area is 163 Å². The molecule has 11 nitrogen and oxygen atoms in total. The first-order valence-electron chi connectivity index (χ1n) is 8.95. The van der Waals surface area contributed by atoms with Gasteiger partial charge in [-0.1, -0.05) is 35.5 Å². The molecule has 0 radical (unpaired) electrons. The van der Waals surface area contributed by atoms with Crippen LogP contribution in [-0.4, -0.2) is 74.8 Å². The first-order valence-corrected chi connectivity index (χ1v) is 8.95. The van der Waals surface area contributed by atoms with Crippen LogP contribution in [0, 0.1) is 0 Å². The number of hydrogen-bond acceptors (Lipinski definition) is 9. The topological polar surface area (TPSA) is 144 Å². The predicted octanol–water partition coefficient (Wildman–Crippen LogP) is -0.315. The lowest BCUT2D eigenvalue weighted by molar-refractivity contribution is -0.0511. The molecule has 4 aromatic rings. The molecule has 3 aromatic heterocycles. The number of benzene rings is 1. The van der Waals surface area contributed by atoms with Gasteiger partial charge in [0.15, 0.2) is 23.2 Å². The third-order valence-electron chi connectivity index (χ3n) is 4.91. The number of nitrogens with zero attached hydrogens (tertiary/aromatic N) is 7. The Hall–Kier alpha value is -3.25. The zero-order valence-electron chi connectivity index (χ0n) is 15.0. The van der Waals surface area contributed by atoms with Gasteiger partial charge in [-0.2, -0.15) is 4.68 Å². The Morgan fingerprint density at radius 3 is 2.62 bits per heavy atom. The number of ether oxygens (including phenoxy) is 1. The molecule has 0 aliphatic carbocycles. The number of fused-ring (bicyclic) bond motifs is 1. The van der Waals surface area contributed by atoms with Crippen molar-refractivity contribution in [1.29, 1.82) is 0 Å². The van der Waals surface area contributed by atoms with E-state index >= 15 is 0 Å². The first kappa shape index (κ1) is 17.8. The number of aromatic nitrogens is 7. The zero-order valence-corrected chi connectivity index (χ0v) is 15.0. The monoisotopic (exact) mass is 395 g/mol. The molecule has 1 aromatic carbocycles. The van der Waals surface area contributed by atoms with Crippen molar-refractivity contribution in [3.05, 3.63) is 49.2 Å². The van der Waals surface area contributed by atoms with E-state index < -0.39 is 31.1 Å². The Bertz CT molecular complexity index is 1150. The average molecular weight is 395 g/mol. The molecule has 0 saturated carbocycles. The van der Waals surface area contributed by atoms with E-state index in [2.05, 4.69) is 25.3 Å². The molecule has 1 aliphatic rings. The fourth-order valence-corrected chi connectivity index (χ4v) is 3.41. The summed E-state index contributed by atoms with van der Waals surface area (Å²) in [5.74, 6) is 0.412. The minimum absolute atomic E-state index is 0.390. The van der Waals surface area contributed by atoms with Crippen molar-refractivity contribution >= 4 is 11.2 Å². The summed E-state index contributed by atoms with van der Waals surface area (Å²) in [6, 6.07) is 9.62. The van der Waals surface area contributed by atoms with Crippen LogP contribution in [0.25, 0.3) is 28.2 Å². The Morgan fingerprint density at radius 2 is 1.86 bits per heavy atom. The zero-order chi connectivity index (χ0) is 20.0. The lowest BCUT2D eigenvalue weighted by Crippen LogP contribution is -2.33. The van der Waals surface area contributed by atoms with Crippen molar-refractivity contribution in [1.82, 2.24) is 34.5 Å². The van der Waals surface area contributed by atoms with Gasteiger partial charge in [-0.3, -0.25) is 4.57 Å². The first-order chi connectivity index (χ1) is 14.2. The van der Waals surface area contributed by atoms with Crippen molar-refractivity contribution in [3.8, 4) is 17.1 Å². The van der Waals surface area contributed by atoms with Gasteiger partial charge in [-0.25, -0.2) is 15.0 Å². The molecule has 11 heteroatoms. The third kappa shape index (κ3) is 2.87. The van der Waals surface area contributed by atoms with E-state index in [4.69, 9.17) is 4.74 Å². The summed E-state index contributed by atoms with van der Waals surface area (Å²) in [5, 5.41) is 38.0. The fourth-order valence-electron chi connectivity index (χ4n) is 3.41. The van der Waals surface area contributed by atoms with Gasteiger partial charge in [-0.15, -0.1) is 5.10 Å². The van der Waals surface area contributed by atoms with Gasteiger partial charge in [0, 0.05) is 5.56 Å². The largest absolute Gasteiger partial charge is 0.394 e. The normalized spacial score (nSPS) is 24.4. The van der Waals surface area contributed by atoms with Crippen molar-refractivity contribution in [2.75, 3.05) is 6.61 Å². The second-order valence-corrected chi connectivity index (χ2v) is 6.66. The highest BCUT2D eigenvalue weighted by molar-refractivity contribution is 5.78. The lowest BCUT2D eigenvalue weighted by atomic mass is 10.1. The van der Waals surface area contributed by atoms with E-state index in [1.54, 1.807) is 6.20 Å². The Balaban J connectivity index is 1.54. The van der Waals surface area contributed by atoms with Crippen molar-refractivity contribution in [2.24, 2.45) is 0 Å². The molecule has 3 N–H and O–H groups in total. The summed E-state index contributed by atoms with van der Waals surface area (Å²) in [7, 11) is 0. The van der Waals surface area contributed by atoms with E-state index in [1.165, 1.54) is 21.9 Å². The molecule has 4 atom stereocenters. The highest BCUT2D eigenvalue weighted by atomic mass is 16.6. The molecule has 1 saturated heterocycles. The standard InChI is InChI=1S/C18H17N7O4/c26-7-12-14(27)15(28)18(29-12)24-9-21-13-16(24)19-8-20-17(13)25-6-11(22-23-25)10-4-2-1-3-5-10/h1-6,8-9,12,14-15,18,26-28H,7H2/t12-,14-,15-,18-/m1/s1. The maximum Gasteiger partial charge on any atom is 0.186 e. The van der Waals surface area contributed by atoms with Crippen LogP contribution in [0.5, 0.6) is 0 Å². The van der Waals surface area contributed by atoms with Crippen LogP contribution >= 0.6 is 0 Å². The summed E-state index contributed by atoms with van der Waals surface area (Å²) in [4.78, 5) is 12.9. The smallest absolute Gasteiger partial charge is 0.186 e. The molecule has 148 valence electrons. The minimum atomic E-state index is -1.24. The van der Waals surface area contributed by atoms with Crippen LogP contribution in [0.1, 0.15) is 6.23 Å². The molecule has 5 rings (SSSR count). The van der Waals surface area contributed by atoms with E-state index in [9.17, 15) is 15.3 Å². The molecule has 1 fully saturated rings.